The van der Waals surface area contributed by atoms with Gasteiger partial charge in [-0.1, -0.05) is 48.5 Å². The molecule has 0 bridgehead atoms. The Morgan fingerprint density at radius 1 is 0.577 bits per heavy atom. The predicted octanol–water partition coefficient (Wildman–Crippen LogP) is 5.20. The van der Waals surface area contributed by atoms with Crippen molar-refractivity contribution in [3.05, 3.63) is 97.3 Å². The average molecular weight is 338 g/mol. The van der Waals surface area contributed by atoms with Gasteiger partial charge in [0.25, 0.3) is 0 Å². The van der Waals surface area contributed by atoms with E-state index in [0.29, 0.717) is 5.82 Å². The van der Waals surface area contributed by atoms with Gasteiger partial charge < -0.3 is 10.6 Å². The van der Waals surface area contributed by atoms with Gasteiger partial charge in [-0.2, -0.15) is 0 Å². The number of benzene rings is 3. The summed E-state index contributed by atoms with van der Waals surface area (Å²) >= 11 is 0. The van der Waals surface area contributed by atoms with Gasteiger partial charge in [-0.3, -0.25) is 4.98 Å². The number of hydrogen-bond acceptors (Lipinski definition) is 4. The predicted molar refractivity (Wildman–Crippen MR) is 107 cm³/mol. The molecule has 0 aliphatic rings. The third-order valence-corrected chi connectivity index (χ3v) is 4.12. The van der Waals surface area contributed by atoms with Gasteiger partial charge in [0.15, 0.2) is 0 Å². The summed E-state index contributed by atoms with van der Waals surface area (Å²) in [5, 5.41) is 0. The number of hydrogen-bond donors (Lipinski definition) is 1. The van der Waals surface area contributed by atoms with Crippen molar-refractivity contribution in [3.63, 3.8) is 0 Å². The van der Waals surface area contributed by atoms with E-state index in [1.54, 1.807) is 12.4 Å². The quantitative estimate of drug-likeness (QED) is 0.556. The first kappa shape index (κ1) is 15.8. The van der Waals surface area contributed by atoms with Gasteiger partial charge in [-0.05, 0) is 36.4 Å². The van der Waals surface area contributed by atoms with Crippen LogP contribution in [0.25, 0.3) is 11.3 Å². The fourth-order valence-electron chi connectivity index (χ4n) is 2.87. The van der Waals surface area contributed by atoms with E-state index in [0.717, 1.165) is 28.3 Å². The maximum Gasteiger partial charge on any atom is 0.141 e. The molecule has 0 amide bonds. The minimum Gasteiger partial charge on any atom is -0.382 e. The van der Waals surface area contributed by atoms with Gasteiger partial charge in [-0.25, -0.2) is 4.98 Å². The molecule has 26 heavy (non-hydrogen) atoms. The van der Waals surface area contributed by atoms with Crippen LogP contribution in [0.3, 0.4) is 0 Å². The molecule has 0 unspecified atom stereocenters. The van der Waals surface area contributed by atoms with Gasteiger partial charge in [0.05, 0.1) is 18.1 Å². The highest BCUT2D eigenvalue weighted by Crippen LogP contribution is 2.34. The maximum absolute atomic E-state index is 5.62. The summed E-state index contributed by atoms with van der Waals surface area (Å²) in [7, 11) is 0. The number of nitrogen functional groups attached to an aromatic ring is 1. The first-order valence-electron chi connectivity index (χ1n) is 8.39. The molecule has 3 aromatic carbocycles. The molecule has 0 radical (unpaired) electrons. The van der Waals surface area contributed by atoms with Crippen molar-refractivity contribution < 1.29 is 0 Å². The van der Waals surface area contributed by atoms with E-state index in [1.165, 1.54) is 0 Å². The summed E-state index contributed by atoms with van der Waals surface area (Å²) in [5.74, 6) is 0.421. The van der Waals surface area contributed by atoms with E-state index in [4.69, 9.17) is 5.73 Å². The third kappa shape index (κ3) is 3.26. The highest BCUT2D eigenvalue weighted by molar-refractivity contribution is 5.77. The van der Waals surface area contributed by atoms with Crippen LogP contribution in [0.4, 0.5) is 22.9 Å². The summed E-state index contributed by atoms with van der Waals surface area (Å²) in [6.07, 6.45) is 3.26. The Bertz CT molecular complexity index is 927. The number of anilines is 4. The molecule has 2 N–H and O–H groups in total. The van der Waals surface area contributed by atoms with Crippen LogP contribution in [0.1, 0.15) is 0 Å². The maximum atomic E-state index is 5.62. The van der Waals surface area contributed by atoms with Gasteiger partial charge in [0.2, 0.25) is 0 Å². The molecule has 126 valence electrons. The van der Waals surface area contributed by atoms with E-state index in [-0.39, 0.29) is 0 Å². The topological polar surface area (TPSA) is 55.0 Å². The summed E-state index contributed by atoms with van der Waals surface area (Å²) in [4.78, 5) is 10.7. The molecule has 1 heterocycles. The normalized spacial score (nSPS) is 10.5. The molecule has 0 aliphatic heterocycles. The second-order valence-electron chi connectivity index (χ2n) is 5.88. The van der Waals surface area contributed by atoms with Crippen LogP contribution in [-0.2, 0) is 0 Å². The molecular weight excluding hydrogens is 320 g/mol. The van der Waals surface area contributed by atoms with Crippen LogP contribution < -0.4 is 10.6 Å². The lowest BCUT2D eigenvalue weighted by molar-refractivity contribution is 1.21. The lowest BCUT2D eigenvalue weighted by Gasteiger charge is -2.25. The Hall–Kier alpha value is -3.66. The van der Waals surface area contributed by atoms with Crippen molar-refractivity contribution in [2.75, 3.05) is 10.6 Å². The van der Waals surface area contributed by atoms with Gasteiger partial charge in [0, 0.05) is 22.6 Å². The van der Waals surface area contributed by atoms with Crippen molar-refractivity contribution in [1.82, 2.24) is 9.97 Å². The minimum absolute atomic E-state index is 0.421. The van der Waals surface area contributed by atoms with Crippen LogP contribution in [0.5, 0.6) is 0 Å². The summed E-state index contributed by atoms with van der Waals surface area (Å²) < 4.78 is 0. The lowest BCUT2D eigenvalue weighted by Crippen LogP contribution is -2.09. The monoisotopic (exact) mass is 338 g/mol. The fraction of sp³-hybridized carbons (Fsp3) is 0. The highest BCUT2D eigenvalue weighted by atomic mass is 15.1. The molecule has 4 aromatic rings. The van der Waals surface area contributed by atoms with Crippen molar-refractivity contribution in [2.24, 2.45) is 0 Å². The number of rotatable bonds is 4. The zero-order valence-corrected chi connectivity index (χ0v) is 14.2. The summed E-state index contributed by atoms with van der Waals surface area (Å²) in [5.41, 5.74) is 10.7. The van der Waals surface area contributed by atoms with E-state index in [2.05, 4.69) is 63.4 Å². The van der Waals surface area contributed by atoms with Crippen LogP contribution in [-0.4, -0.2) is 9.97 Å². The molecule has 1 aromatic heterocycles. The highest BCUT2D eigenvalue weighted by Gasteiger charge is 2.12. The SMILES string of the molecule is Nc1cnc(-c2ccc(N(c3ccccc3)c3ccccc3)cc2)cn1. The Morgan fingerprint density at radius 3 is 1.62 bits per heavy atom. The molecule has 0 spiro atoms. The molecule has 4 rings (SSSR count). The van der Waals surface area contributed by atoms with Crippen molar-refractivity contribution in [1.29, 1.82) is 0 Å². The second-order valence-corrected chi connectivity index (χ2v) is 5.88. The second kappa shape index (κ2) is 7.07. The van der Waals surface area contributed by atoms with Gasteiger partial charge >= 0.3 is 0 Å². The average Bonchev–Trinajstić information content (AvgIpc) is 2.71. The smallest absolute Gasteiger partial charge is 0.141 e. The van der Waals surface area contributed by atoms with E-state index >= 15 is 0 Å². The Kier molecular flexibility index (Phi) is 4.31. The first-order valence-corrected chi connectivity index (χ1v) is 8.39. The van der Waals surface area contributed by atoms with Crippen molar-refractivity contribution in [3.8, 4) is 11.3 Å². The molecule has 0 fully saturated rings. The summed E-state index contributed by atoms with van der Waals surface area (Å²) in [6, 6.07) is 28.9. The number of nitrogens with two attached hydrogens (primary N) is 1. The van der Waals surface area contributed by atoms with E-state index in [9.17, 15) is 0 Å². The molecule has 0 saturated heterocycles. The Labute approximate surface area is 152 Å². The third-order valence-electron chi connectivity index (χ3n) is 4.12. The molecule has 4 heteroatoms. The Morgan fingerprint density at radius 2 is 1.12 bits per heavy atom. The zero-order chi connectivity index (χ0) is 17.8. The van der Waals surface area contributed by atoms with Crippen LogP contribution in [0.2, 0.25) is 0 Å². The minimum atomic E-state index is 0.421. The lowest BCUT2D eigenvalue weighted by atomic mass is 10.1. The molecular formula is C22H18N4. The van der Waals surface area contributed by atoms with Gasteiger partial charge in [-0.15, -0.1) is 0 Å². The molecule has 0 saturated carbocycles. The van der Waals surface area contributed by atoms with Crippen LogP contribution in [0, 0.1) is 0 Å². The fourth-order valence-corrected chi connectivity index (χ4v) is 2.87. The van der Waals surface area contributed by atoms with Crippen LogP contribution in [0.15, 0.2) is 97.3 Å². The zero-order valence-electron chi connectivity index (χ0n) is 14.2. The standard InChI is InChI=1S/C22H18N4/c23-22-16-24-21(15-25-22)17-11-13-20(14-12-17)26(18-7-3-1-4-8-18)19-9-5-2-6-10-19/h1-16H,(H2,23,25). The molecule has 4 nitrogen and oxygen atoms in total. The number of para-hydroxylation sites is 2. The van der Waals surface area contributed by atoms with Crippen molar-refractivity contribution in [2.45, 2.75) is 0 Å². The number of nitrogens with zero attached hydrogens (tertiary/aromatic N) is 3. The van der Waals surface area contributed by atoms with Crippen molar-refractivity contribution >= 4 is 22.9 Å². The molecule has 0 atom stereocenters. The molecule has 0 aliphatic carbocycles. The first-order chi connectivity index (χ1) is 12.8. The van der Waals surface area contributed by atoms with E-state index < -0.39 is 0 Å². The largest absolute Gasteiger partial charge is 0.382 e. The van der Waals surface area contributed by atoms with E-state index in [1.807, 2.05) is 36.4 Å². The Balaban J connectivity index is 1.73. The summed E-state index contributed by atoms with van der Waals surface area (Å²) in [6.45, 7) is 0. The van der Waals surface area contributed by atoms with Crippen LogP contribution >= 0.6 is 0 Å². The number of aromatic nitrogens is 2. The van der Waals surface area contributed by atoms with Gasteiger partial charge in [0.1, 0.15) is 5.82 Å².